The molecule has 1 heteroatoms. The van der Waals surface area contributed by atoms with Gasteiger partial charge in [-0.05, 0) is 24.2 Å². The number of aliphatic hydroxyl groups is 1. The molecule has 0 aromatic rings. The van der Waals surface area contributed by atoms with E-state index in [2.05, 4.69) is 13.8 Å². The third-order valence-corrected chi connectivity index (χ3v) is 2.51. The topological polar surface area (TPSA) is 20.2 Å². The third kappa shape index (κ3) is 2.30. The zero-order chi connectivity index (χ0) is 7.56. The summed E-state index contributed by atoms with van der Waals surface area (Å²) in [7, 11) is 0. The van der Waals surface area contributed by atoms with Crippen LogP contribution >= 0.6 is 0 Å². The minimum atomic E-state index is 0.383. The Morgan fingerprint density at radius 2 is 2.00 bits per heavy atom. The van der Waals surface area contributed by atoms with Gasteiger partial charge >= 0.3 is 0 Å². The van der Waals surface area contributed by atoms with Gasteiger partial charge < -0.3 is 5.11 Å². The monoisotopic (exact) mass is 142 g/mol. The SMILES string of the molecule is CC(C)[C@H](CO)CC1CC1. The molecule has 0 aromatic heterocycles. The van der Waals surface area contributed by atoms with Gasteiger partial charge in [-0.25, -0.2) is 0 Å². The van der Waals surface area contributed by atoms with Crippen LogP contribution in [0.1, 0.15) is 33.1 Å². The quantitative estimate of drug-likeness (QED) is 0.637. The lowest BCUT2D eigenvalue weighted by atomic mass is 9.91. The van der Waals surface area contributed by atoms with Crippen molar-refractivity contribution in [2.24, 2.45) is 17.8 Å². The summed E-state index contributed by atoms with van der Waals surface area (Å²) >= 11 is 0. The third-order valence-electron chi connectivity index (χ3n) is 2.51. The molecule has 1 rings (SSSR count). The highest BCUT2D eigenvalue weighted by atomic mass is 16.3. The van der Waals surface area contributed by atoms with E-state index in [1.54, 1.807) is 0 Å². The first-order valence-electron chi connectivity index (χ1n) is 4.35. The van der Waals surface area contributed by atoms with Crippen LogP contribution in [0.5, 0.6) is 0 Å². The van der Waals surface area contributed by atoms with E-state index < -0.39 is 0 Å². The molecule has 1 atom stereocenters. The largest absolute Gasteiger partial charge is 0.396 e. The zero-order valence-electron chi connectivity index (χ0n) is 7.01. The molecule has 1 nitrogen and oxygen atoms in total. The van der Waals surface area contributed by atoms with Crippen LogP contribution < -0.4 is 0 Å². The van der Waals surface area contributed by atoms with Crippen LogP contribution in [0.4, 0.5) is 0 Å². The second-order valence-corrected chi connectivity index (χ2v) is 3.87. The summed E-state index contributed by atoms with van der Waals surface area (Å²) in [6.07, 6.45) is 4.07. The summed E-state index contributed by atoms with van der Waals surface area (Å²) < 4.78 is 0. The molecule has 1 aliphatic carbocycles. The van der Waals surface area contributed by atoms with Gasteiger partial charge in [0.15, 0.2) is 0 Å². The predicted octanol–water partition coefficient (Wildman–Crippen LogP) is 2.05. The van der Waals surface area contributed by atoms with Gasteiger partial charge in [0.1, 0.15) is 0 Å². The highest BCUT2D eigenvalue weighted by Gasteiger charge is 2.26. The lowest BCUT2D eigenvalue weighted by Gasteiger charge is -2.16. The second-order valence-electron chi connectivity index (χ2n) is 3.87. The molecule has 0 saturated heterocycles. The molecule has 0 spiro atoms. The fourth-order valence-electron chi connectivity index (χ4n) is 1.34. The standard InChI is InChI=1S/C9H18O/c1-7(2)9(6-10)5-8-3-4-8/h7-10H,3-6H2,1-2H3/t9-/m0/s1. The predicted molar refractivity (Wildman–Crippen MR) is 42.8 cm³/mol. The molecular weight excluding hydrogens is 124 g/mol. The lowest BCUT2D eigenvalue weighted by molar-refractivity contribution is 0.176. The molecule has 1 fully saturated rings. The maximum atomic E-state index is 8.97. The Bertz CT molecular complexity index is 94.9. The fraction of sp³-hybridized carbons (Fsp3) is 1.00. The normalized spacial score (nSPS) is 21.6. The number of aliphatic hydroxyl groups excluding tert-OH is 1. The summed E-state index contributed by atoms with van der Waals surface area (Å²) in [5, 5.41) is 8.97. The average molecular weight is 142 g/mol. The lowest BCUT2D eigenvalue weighted by Crippen LogP contribution is -2.13. The van der Waals surface area contributed by atoms with Gasteiger partial charge in [-0.2, -0.15) is 0 Å². The Morgan fingerprint density at radius 1 is 1.40 bits per heavy atom. The van der Waals surface area contributed by atoms with E-state index in [9.17, 15) is 0 Å². The molecular formula is C9H18O. The molecule has 0 aromatic carbocycles. The van der Waals surface area contributed by atoms with E-state index in [0.717, 1.165) is 5.92 Å². The van der Waals surface area contributed by atoms with Crippen molar-refractivity contribution in [2.45, 2.75) is 33.1 Å². The van der Waals surface area contributed by atoms with Crippen LogP contribution in [0.25, 0.3) is 0 Å². The number of rotatable bonds is 4. The Labute approximate surface area is 63.4 Å². The van der Waals surface area contributed by atoms with Crippen molar-refractivity contribution in [1.82, 2.24) is 0 Å². The summed E-state index contributed by atoms with van der Waals surface area (Å²) in [6, 6.07) is 0. The summed E-state index contributed by atoms with van der Waals surface area (Å²) in [6.45, 7) is 4.78. The van der Waals surface area contributed by atoms with Gasteiger partial charge in [-0.15, -0.1) is 0 Å². The molecule has 0 unspecified atom stereocenters. The highest BCUT2D eigenvalue weighted by Crippen LogP contribution is 2.36. The summed E-state index contributed by atoms with van der Waals surface area (Å²) in [5.74, 6) is 2.18. The van der Waals surface area contributed by atoms with Gasteiger partial charge in [0.25, 0.3) is 0 Å². The van der Waals surface area contributed by atoms with E-state index >= 15 is 0 Å². The zero-order valence-corrected chi connectivity index (χ0v) is 7.01. The molecule has 1 saturated carbocycles. The smallest absolute Gasteiger partial charge is 0.0461 e. The van der Waals surface area contributed by atoms with Gasteiger partial charge in [-0.1, -0.05) is 26.7 Å². The van der Waals surface area contributed by atoms with Crippen LogP contribution in [0, 0.1) is 17.8 Å². The maximum Gasteiger partial charge on any atom is 0.0461 e. The van der Waals surface area contributed by atoms with Crippen molar-refractivity contribution in [3.63, 3.8) is 0 Å². The van der Waals surface area contributed by atoms with E-state index in [1.165, 1.54) is 19.3 Å². The van der Waals surface area contributed by atoms with Gasteiger partial charge in [-0.3, -0.25) is 0 Å². The molecule has 0 aliphatic heterocycles. The summed E-state index contributed by atoms with van der Waals surface area (Å²) in [5.41, 5.74) is 0. The van der Waals surface area contributed by atoms with Crippen molar-refractivity contribution in [2.75, 3.05) is 6.61 Å². The van der Waals surface area contributed by atoms with Crippen molar-refractivity contribution in [3.05, 3.63) is 0 Å². The van der Waals surface area contributed by atoms with Crippen molar-refractivity contribution >= 4 is 0 Å². The number of hydrogen-bond donors (Lipinski definition) is 1. The van der Waals surface area contributed by atoms with E-state index in [4.69, 9.17) is 5.11 Å². The van der Waals surface area contributed by atoms with Gasteiger partial charge in [0.2, 0.25) is 0 Å². The number of hydrogen-bond acceptors (Lipinski definition) is 1. The fourth-order valence-corrected chi connectivity index (χ4v) is 1.34. The Morgan fingerprint density at radius 3 is 2.30 bits per heavy atom. The summed E-state index contributed by atoms with van der Waals surface area (Å²) in [4.78, 5) is 0. The van der Waals surface area contributed by atoms with Crippen LogP contribution in [-0.2, 0) is 0 Å². The molecule has 10 heavy (non-hydrogen) atoms. The van der Waals surface area contributed by atoms with Gasteiger partial charge in [0.05, 0.1) is 0 Å². The minimum absolute atomic E-state index is 0.383. The molecule has 1 aliphatic rings. The van der Waals surface area contributed by atoms with Gasteiger partial charge in [0, 0.05) is 6.61 Å². The molecule has 60 valence electrons. The van der Waals surface area contributed by atoms with Crippen LogP contribution in [0.3, 0.4) is 0 Å². The molecule has 0 bridgehead atoms. The Hall–Kier alpha value is -0.0400. The molecule has 0 heterocycles. The Balaban J connectivity index is 2.17. The highest BCUT2D eigenvalue weighted by molar-refractivity contribution is 4.77. The van der Waals surface area contributed by atoms with Crippen LogP contribution in [-0.4, -0.2) is 11.7 Å². The first-order valence-corrected chi connectivity index (χ1v) is 4.35. The molecule has 0 radical (unpaired) electrons. The first kappa shape index (κ1) is 8.06. The van der Waals surface area contributed by atoms with Crippen molar-refractivity contribution in [3.8, 4) is 0 Å². The maximum absolute atomic E-state index is 8.97. The molecule has 0 amide bonds. The average Bonchev–Trinajstić information content (AvgIpc) is 2.64. The first-order chi connectivity index (χ1) is 4.74. The van der Waals surface area contributed by atoms with Crippen LogP contribution in [0.15, 0.2) is 0 Å². The van der Waals surface area contributed by atoms with E-state index in [-0.39, 0.29) is 0 Å². The van der Waals surface area contributed by atoms with Crippen molar-refractivity contribution in [1.29, 1.82) is 0 Å². The molecule has 1 N–H and O–H groups in total. The van der Waals surface area contributed by atoms with Crippen LogP contribution in [0.2, 0.25) is 0 Å². The van der Waals surface area contributed by atoms with E-state index in [1.807, 2.05) is 0 Å². The van der Waals surface area contributed by atoms with Crippen molar-refractivity contribution < 1.29 is 5.11 Å². The van der Waals surface area contributed by atoms with E-state index in [0.29, 0.717) is 18.4 Å². The Kier molecular flexibility index (Phi) is 2.72. The second kappa shape index (κ2) is 3.38. The minimum Gasteiger partial charge on any atom is -0.396 e.